The summed E-state index contributed by atoms with van der Waals surface area (Å²) in [6, 6.07) is 9.65. The molecule has 0 saturated carbocycles. The molecule has 1 aromatic rings. The molecule has 1 N–H and O–H groups in total. The molecule has 1 amide bonds. The van der Waals surface area contributed by atoms with Gasteiger partial charge in [0.15, 0.2) is 0 Å². The highest BCUT2D eigenvalue weighted by atomic mass is 16.6. The molecule has 6 heteroatoms. The first kappa shape index (κ1) is 15.3. The number of hydrogen-bond acceptors (Lipinski definition) is 5. The van der Waals surface area contributed by atoms with Gasteiger partial charge in [0, 0.05) is 45.0 Å². The Kier molecular flexibility index (Phi) is 4.92. The number of amides is 1. The topological polar surface area (TPSA) is 56.3 Å². The number of cyclic esters (lactones) is 1. The molecule has 0 aromatic heterocycles. The van der Waals surface area contributed by atoms with E-state index in [0.29, 0.717) is 6.54 Å². The lowest BCUT2D eigenvalue weighted by atomic mass is 10.2. The van der Waals surface area contributed by atoms with E-state index in [1.54, 1.807) is 4.90 Å². The number of anilines is 1. The van der Waals surface area contributed by atoms with Gasteiger partial charge < -0.3 is 9.84 Å². The summed E-state index contributed by atoms with van der Waals surface area (Å²) in [4.78, 5) is 18.3. The van der Waals surface area contributed by atoms with Crippen LogP contribution in [0.2, 0.25) is 0 Å². The number of para-hydroxylation sites is 1. The van der Waals surface area contributed by atoms with E-state index in [1.807, 2.05) is 30.3 Å². The predicted molar refractivity (Wildman–Crippen MR) is 84.0 cm³/mol. The van der Waals surface area contributed by atoms with Gasteiger partial charge in [0.1, 0.15) is 6.10 Å². The van der Waals surface area contributed by atoms with Crippen molar-refractivity contribution in [3.63, 3.8) is 0 Å². The second kappa shape index (κ2) is 7.09. The van der Waals surface area contributed by atoms with Crippen molar-refractivity contribution in [1.29, 1.82) is 0 Å². The number of aliphatic hydroxyl groups excluding tert-OH is 1. The second-order valence-electron chi connectivity index (χ2n) is 5.82. The zero-order valence-electron chi connectivity index (χ0n) is 12.7. The summed E-state index contributed by atoms with van der Waals surface area (Å²) < 4.78 is 5.50. The van der Waals surface area contributed by atoms with Crippen molar-refractivity contribution in [2.45, 2.75) is 6.10 Å². The van der Waals surface area contributed by atoms with Gasteiger partial charge in [-0.1, -0.05) is 18.2 Å². The van der Waals surface area contributed by atoms with E-state index in [-0.39, 0.29) is 18.8 Å². The van der Waals surface area contributed by atoms with Gasteiger partial charge >= 0.3 is 6.09 Å². The van der Waals surface area contributed by atoms with Gasteiger partial charge in [-0.2, -0.15) is 0 Å². The minimum atomic E-state index is -0.255. The van der Waals surface area contributed by atoms with Crippen LogP contribution in [0.15, 0.2) is 30.3 Å². The lowest BCUT2D eigenvalue weighted by Crippen LogP contribution is -2.49. The molecule has 22 heavy (non-hydrogen) atoms. The van der Waals surface area contributed by atoms with Crippen molar-refractivity contribution in [3.05, 3.63) is 30.3 Å². The van der Waals surface area contributed by atoms with Crippen LogP contribution in [0.5, 0.6) is 0 Å². The van der Waals surface area contributed by atoms with Crippen LogP contribution >= 0.6 is 0 Å². The lowest BCUT2D eigenvalue weighted by molar-refractivity contribution is 0.0706. The fraction of sp³-hybridized carbons (Fsp3) is 0.562. The standard InChI is InChI=1S/C16H23N3O3/c20-11-10-17-6-8-18(9-7-17)12-15-13-19(16(21)22-15)14-4-2-1-3-5-14/h1-5,15,20H,6-13H2. The molecule has 2 fully saturated rings. The number of β-amino-alcohol motifs (C(OH)–C–C–N with tert-alkyl or cyclic N) is 1. The van der Waals surface area contributed by atoms with Crippen molar-refractivity contribution >= 4 is 11.8 Å². The van der Waals surface area contributed by atoms with Gasteiger partial charge in [-0.05, 0) is 12.1 Å². The fourth-order valence-electron chi connectivity index (χ4n) is 3.06. The van der Waals surface area contributed by atoms with Gasteiger partial charge in [-0.25, -0.2) is 4.79 Å². The molecule has 120 valence electrons. The molecule has 2 aliphatic rings. The molecule has 0 aliphatic carbocycles. The molecule has 2 saturated heterocycles. The van der Waals surface area contributed by atoms with Crippen LogP contribution < -0.4 is 4.90 Å². The van der Waals surface area contributed by atoms with E-state index < -0.39 is 0 Å². The maximum atomic E-state index is 12.0. The number of benzene rings is 1. The Morgan fingerprint density at radius 2 is 1.77 bits per heavy atom. The van der Waals surface area contributed by atoms with Crippen molar-refractivity contribution in [2.75, 3.05) is 57.3 Å². The lowest BCUT2D eigenvalue weighted by Gasteiger charge is -2.35. The normalized spacial score (nSPS) is 23.8. The molecule has 3 rings (SSSR count). The first-order chi connectivity index (χ1) is 10.8. The number of carbonyl (C=O) groups is 1. The Bertz CT molecular complexity index is 489. The minimum absolute atomic E-state index is 0.0721. The number of nitrogens with zero attached hydrogens (tertiary/aromatic N) is 3. The van der Waals surface area contributed by atoms with E-state index in [2.05, 4.69) is 9.80 Å². The highest BCUT2D eigenvalue weighted by molar-refractivity contribution is 5.89. The number of carbonyl (C=O) groups excluding carboxylic acids is 1. The first-order valence-corrected chi connectivity index (χ1v) is 7.85. The summed E-state index contributed by atoms with van der Waals surface area (Å²) in [5, 5.41) is 8.96. The Labute approximate surface area is 130 Å². The van der Waals surface area contributed by atoms with Gasteiger partial charge in [-0.15, -0.1) is 0 Å². The van der Waals surface area contributed by atoms with Crippen LogP contribution in [-0.4, -0.2) is 79.5 Å². The van der Waals surface area contributed by atoms with Gasteiger partial charge in [0.05, 0.1) is 13.2 Å². The Balaban J connectivity index is 1.50. The summed E-state index contributed by atoms with van der Waals surface area (Å²) in [5.74, 6) is 0. The molecule has 1 unspecified atom stereocenters. The van der Waals surface area contributed by atoms with E-state index in [0.717, 1.165) is 45.0 Å². The molecule has 0 bridgehead atoms. The second-order valence-corrected chi connectivity index (χ2v) is 5.82. The molecule has 0 spiro atoms. The Morgan fingerprint density at radius 1 is 1.09 bits per heavy atom. The maximum Gasteiger partial charge on any atom is 0.414 e. The third kappa shape index (κ3) is 3.58. The van der Waals surface area contributed by atoms with Crippen molar-refractivity contribution in [2.24, 2.45) is 0 Å². The fourth-order valence-corrected chi connectivity index (χ4v) is 3.06. The first-order valence-electron chi connectivity index (χ1n) is 7.85. The molecule has 0 radical (unpaired) electrons. The summed E-state index contributed by atoms with van der Waals surface area (Å²) in [6.07, 6.45) is -0.327. The van der Waals surface area contributed by atoms with E-state index in [9.17, 15) is 4.79 Å². The van der Waals surface area contributed by atoms with Crippen molar-refractivity contribution in [1.82, 2.24) is 9.80 Å². The van der Waals surface area contributed by atoms with Gasteiger partial charge in [0.25, 0.3) is 0 Å². The quantitative estimate of drug-likeness (QED) is 0.864. The SMILES string of the molecule is O=C1OC(CN2CCN(CCO)CC2)CN1c1ccccc1. The van der Waals surface area contributed by atoms with Crippen LogP contribution in [0.4, 0.5) is 10.5 Å². The monoisotopic (exact) mass is 305 g/mol. The highest BCUT2D eigenvalue weighted by Crippen LogP contribution is 2.21. The summed E-state index contributed by atoms with van der Waals surface area (Å²) in [6.45, 7) is 6.19. The number of hydrogen-bond donors (Lipinski definition) is 1. The maximum absolute atomic E-state index is 12.0. The number of aliphatic hydroxyl groups is 1. The Hall–Kier alpha value is -1.63. The van der Waals surface area contributed by atoms with Crippen molar-refractivity contribution < 1.29 is 14.6 Å². The minimum Gasteiger partial charge on any atom is -0.443 e. The molecule has 2 heterocycles. The molecular weight excluding hydrogens is 282 g/mol. The van der Waals surface area contributed by atoms with Crippen LogP contribution in [0.3, 0.4) is 0 Å². The van der Waals surface area contributed by atoms with Crippen LogP contribution in [-0.2, 0) is 4.74 Å². The average Bonchev–Trinajstić information content (AvgIpc) is 2.91. The van der Waals surface area contributed by atoms with E-state index >= 15 is 0 Å². The number of rotatable bonds is 5. The smallest absolute Gasteiger partial charge is 0.414 e. The Morgan fingerprint density at radius 3 is 2.45 bits per heavy atom. The zero-order valence-corrected chi connectivity index (χ0v) is 12.7. The molecule has 1 aromatic carbocycles. The molecular formula is C16H23N3O3. The van der Waals surface area contributed by atoms with Crippen LogP contribution in [0.25, 0.3) is 0 Å². The number of piperazine rings is 1. The largest absolute Gasteiger partial charge is 0.443 e. The third-order valence-corrected chi connectivity index (χ3v) is 4.28. The third-order valence-electron chi connectivity index (χ3n) is 4.28. The van der Waals surface area contributed by atoms with Crippen LogP contribution in [0.1, 0.15) is 0 Å². The predicted octanol–water partition coefficient (Wildman–Crippen LogP) is 0.622. The van der Waals surface area contributed by atoms with Crippen molar-refractivity contribution in [3.8, 4) is 0 Å². The average molecular weight is 305 g/mol. The van der Waals surface area contributed by atoms with Crippen LogP contribution in [0, 0.1) is 0 Å². The highest BCUT2D eigenvalue weighted by Gasteiger charge is 2.33. The summed E-state index contributed by atoms with van der Waals surface area (Å²) >= 11 is 0. The summed E-state index contributed by atoms with van der Waals surface area (Å²) in [5.41, 5.74) is 0.891. The zero-order chi connectivity index (χ0) is 15.4. The molecule has 1 atom stereocenters. The molecule has 2 aliphatic heterocycles. The van der Waals surface area contributed by atoms with E-state index in [4.69, 9.17) is 9.84 Å². The van der Waals surface area contributed by atoms with Gasteiger partial charge in [-0.3, -0.25) is 14.7 Å². The number of ether oxygens (including phenoxy) is 1. The van der Waals surface area contributed by atoms with Gasteiger partial charge in [0.2, 0.25) is 0 Å². The van der Waals surface area contributed by atoms with E-state index in [1.165, 1.54) is 0 Å². The summed E-state index contributed by atoms with van der Waals surface area (Å²) in [7, 11) is 0. The molecule has 6 nitrogen and oxygen atoms in total.